The van der Waals surface area contributed by atoms with Crippen LogP contribution in [0.25, 0.3) is 0 Å². The van der Waals surface area contributed by atoms with Crippen LogP contribution in [0.1, 0.15) is 23.5 Å². The third-order valence-electron chi connectivity index (χ3n) is 2.79. The van der Waals surface area contributed by atoms with Gasteiger partial charge >= 0.3 is 0 Å². The van der Waals surface area contributed by atoms with E-state index >= 15 is 0 Å². The van der Waals surface area contributed by atoms with E-state index < -0.39 is 0 Å². The molecule has 2 aromatic rings. The van der Waals surface area contributed by atoms with Gasteiger partial charge in [-0.2, -0.15) is 0 Å². The fourth-order valence-corrected chi connectivity index (χ4v) is 1.80. The molecule has 0 unspecified atom stereocenters. The standard InChI is InChI=1S/C15H16FNO2/c1-11-5-7-14(19-11)10-17-15(18)8-6-12-3-2-4-13(16)9-12/h2-5,7,9H,6,8,10H2,1H3,(H,17,18). The Hall–Kier alpha value is -2.10. The molecule has 0 saturated heterocycles. The second kappa shape index (κ2) is 6.18. The van der Waals surface area contributed by atoms with Gasteiger partial charge in [-0.05, 0) is 43.2 Å². The minimum Gasteiger partial charge on any atom is -0.465 e. The van der Waals surface area contributed by atoms with Crippen molar-refractivity contribution in [3.63, 3.8) is 0 Å². The van der Waals surface area contributed by atoms with Crippen LogP contribution < -0.4 is 5.32 Å². The molecule has 1 amide bonds. The zero-order chi connectivity index (χ0) is 13.7. The number of amides is 1. The Labute approximate surface area is 111 Å². The van der Waals surface area contributed by atoms with Crippen LogP contribution in [0.3, 0.4) is 0 Å². The average Bonchev–Trinajstić information content (AvgIpc) is 2.80. The Bertz CT molecular complexity index is 563. The summed E-state index contributed by atoms with van der Waals surface area (Å²) in [5.74, 6) is 1.21. The van der Waals surface area contributed by atoms with E-state index in [1.54, 1.807) is 6.07 Å². The summed E-state index contributed by atoms with van der Waals surface area (Å²) in [4.78, 5) is 11.6. The number of furan rings is 1. The fourth-order valence-electron chi connectivity index (χ4n) is 1.80. The Balaban J connectivity index is 1.75. The number of hydrogen-bond donors (Lipinski definition) is 1. The van der Waals surface area contributed by atoms with Crippen molar-refractivity contribution in [1.29, 1.82) is 0 Å². The van der Waals surface area contributed by atoms with Crippen LogP contribution in [-0.2, 0) is 17.8 Å². The zero-order valence-corrected chi connectivity index (χ0v) is 10.8. The van der Waals surface area contributed by atoms with Crippen molar-refractivity contribution in [2.75, 3.05) is 0 Å². The van der Waals surface area contributed by atoms with E-state index in [0.717, 1.165) is 17.1 Å². The van der Waals surface area contributed by atoms with Crippen molar-refractivity contribution in [3.05, 3.63) is 59.3 Å². The van der Waals surface area contributed by atoms with Gasteiger partial charge in [0.1, 0.15) is 17.3 Å². The lowest BCUT2D eigenvalue weighted by molar-refractivity contribution is -0.121. The molecule has 0 aliphatic heterocycles. The fraction of sp³-hybridized carbons (Fsp3) is 0.267. The molecular formula is C15H16FNO2. The first-order valence-electron chi connectivity index (χ1n) is 6.20. The summed E-state index contributed by atoms with van der Waals surface area (Å²) in [6, 6.07) is 9.99. The molecule has 1 heterocycles. The van der Waals surface area contributed by atoms with Gasteiger partial charge in [0.2, 0.25) is 5.91 Å². The molecule has 1 aromatic carbocycles. The lowest BCUT2D eigenvalue weighted by Crippen LogP contribution is -2.22. The molecule has 4 heteroatoms. The number of nitrogens with one attached hydrogen (secondary N) is 1. The Morgan fingerprint density at radius 1 is 1.32 bits per heavy atom. The molecule has 0 atom stereocenters. The Morgan fingerprint density at radius 2 is 2.16 bits per heavy atom. The van der Waals surface area contributed by atoms with Gasteiger partial charge in [0, 0.05) is 6.42 Å². The molecule has 0 spiro atoms. The van der Waals surface area contributed by atoms with Gasteiger partial charge in [-0.15, -0.1) is 0 Å². The van der Waals surface area contributed by atoms with Gasteiger partial charge in [0.15, 0.2) is 0 Å². The highest BCUT2D eigenvalue weighted by Crippen LogP contribution is 2.07. The molecule has 0 aliphatic carbocycles. The van der Waals surface area contributed by atoms with E-state index in [1.807, 2.05) is 25.1 Å². The molecule has 0 bridgehead atoms. The third-order valence-corrected chi connectivity index (χ3v) is 2.79. The SMILES string of the molecule is Cc1ccc(CNC(=O)CCc2cccc(F)c2)o1. The maximum Gasteiger partial charge on any atom is 0.220 e. The minimum atomic E-state index is -0.274. The summed E-state index contributed by atoms with van der Waals surface area (Å²) < 4.78 is 18.3. The van der Waals surface area contributed by atoms with Crippen molar-refractivity contribution in [1.82, 2.24) is 5.32 Å². The van der Waals surface area contributed by atoms with E-state index in [1.165, 1.54) is 12.1 Å². The highest BCUT2D eigenvalue weighted by Gasteiger charge is 2.04. The lowest BCUT2D eigenvalue weighted by Gasteiger charge is -2.04. The highest BCUT2D eigenvalue weighted by atomic mass is 19.1. The topological polar surface area (TPSA) is 42.2 Å². The summed E-state index contributed by atoms with van der Waals surface area (Å²) in [7, 11) is 0. The zero-order valence-electron chi connectivity index (χ0n) is 10.8. The van der Waals surface area contributed by atoms with Crippen LogP contribution in [-0.4, -0.2) is 5.91 Å². The number of aryl methyl sites for hydroxylation is 2. The first kappa shape index (κ1) is 13.3. The second-order valence-corrected chi connectivity index (χ2v) is 4.42. The van der Waals surface area contributed by atoms with Crippen molar-refractivity contribution in [2.45, 2.75) is 26.3 Å². The van der Waals surface area contributed by atoms with E-state index in [0.29, 0.717) is 19.4 Å². The molecule has 19 heavy (non-hydrogen) atoms. The number of halogens is 1. The lowest BCUT2D eigenvalue weighted by atomic mass is 10.1. The Kier molecular flexibility index (Phi) is 4.34. The summed E-state index contributed by atoms with van der Waals surface area (Å²) in [5, 5.41) is 2.77. The molecule has 1 aromatic heterocycles. The molecule has 3 nitrogen and oxygen atoms in total. The summed E-state index contributed by atoms with van der Waals surface area (Å²) in [6.45, 7) is 2.24. The predicted octanol–water partition coefficient (Wildman–Crippen LogP) is 2.98. The summed E-state index contributed by atoms with van der Waals surface area (Å²) in [6.07, 6.45) is 0.865. The van der Waals surface area contributed by atoms with Gasteiger partial charge in [-0.3, -0.25) is 4.79 Å². The largest absolute Gasteiger partial charge is 0.465 e. The van der Waals surface area contributed by atoms with Crippen LogP contribution in [0.5, 0.6) is 0 Å². The van der Waals surface area contributed by atoms with Crippen LogP contribution in [0.4, 0.5) is 4.39 Å². The van der Waals surface area contributed by atoms with Gasteiger partial charge < -0.3 is 9.73 Å². The van der Waals surface area contributed by atoms with Gasteiger partial charge in [-0.1, -0.05) is 12.1 Å². The molecule has 0 aliphatic rings. The molecule has 1 N–H and O–H groups in total. The maximum absolute atomic E-state index is 13.0. The quantitative estimate of drug-likeness (QED) is 0.899. The monoisotopic (exact) mass is 261 g/mol. The summed E-state index contributed by atoms with van der Waals surface area (Å²) >= 11 is 0. The average molecular weight is 261 g/mol. The second-order valence-electron chi connectivity index (χ2n) is 4.42. The van der Waals surface area contributed by atoms with Crippen molar-refractivity contribution < 1.29 is 13.6 Å². The molecule has 0 fully saturated rings. The predicted molar refractivity (Wildman–Crippen MR) is 70.0 cm³/mol. The van der Waals surface area contributed by atoms with Crippen LogP contribution in [0.15, 0.2) is 40.8 Å². The van der Waals surface area contributed by atoms with E-state index in [4.69, 9.17) is 4.42 Å². The van der Waals surface area contributed by atoms with Gasteiger partial charge in [0.05, 0.1) is 6.54 Å². The molecule has 0 saturated carbocycles. The van der Waals surface area contributed by atoms with E-state index in [2.05, 4.69) is 5.32 Å². The van der Waals surface area contributed by atoms with Crippen molar-refractivity contribution in [2.24, 2.45) is 0 Å². The number of benzene rings is 1. The first-order valence-corrected chi connectivity index (χ1v) is 6.20. The number of carbonyl (C=O) groups excluding carboxylic acids is 1. The van der Waals surface area contributed by atoms with Crippen LogP contribution >= 0.6 is 0 Å². The van der Waals surface area contributed by atoms with Gasteiger partial charge in [-0.25, -0.2) is 4.39 Å². The van der Waals surface area contributed by atoms with Gasteiger partial charge in [0.25, 0.3) is 0 Å². The van der Waals surface area contributed by atoms with E-state index in [9.17, 15) is 9.18 Å². The number of rotatable bonds is 5. The van der Waals surface area contributed by atoms with Crippen molar-refractivity contribution in [3.8, 4) is 0 Å². The normalized spacial score (nSPS) is 10.4. The third kappa shape index (κ3) is 4.25. The first-order chi connectivity index (χ1) is 9.13. The highest BCUT2D eigenvalue weighted by molar-refractivity contribution is 5.76. The molecule has 2 rings (SSSR count). The van der Waals surface area contributed by atoms with E-state index in [-0.39, 0.29) is 11.7 Å². The van der Waals surface area contributed by atoms with Crippen LogP contribution in [0.2, 0.25) is 0 Å². The van der Waals surface area contributed by atoms with Crippen molar-refractivity contribution >= 4 is 5.91 Å². The number of carbonyl (C=O) groups is 1. The molecule has 100 valence electrons. The molecular weight excluding hydrogens is 245 g/mol. The number of hydrogen-bond acceptors (Lipinski definition) is 2. The maximum atomic E-state index is 13.0. The smallest absolute Gasteiger partial charge is 0.220 e. The molecule has 0 radical (unpaired) electrons. The Morgan fingerprint density at radius 3 is 2.84 bits per heavy atom. The van der Waals surface area contributed by atoms with Crippen LogP contribution in [0, 0.1) is 12.7 Å². The minimum absolute atomic E-state index is 0.0710. The summed E-state index contributed by atoms with van der Waals surface area (Å²) in [5.41, 5.74) is 0.823.